The van der Waals surface area contributed by atoms with Crippen LogP contribution in [0.3, 0.4) is 0 Å². The smallest absolute Gasteiger partial charge is 0.337 e. The molecule has 2 aromatic rings. The molecular formula is C14H11FN2O5. The number of nitrogens with one attached hydrogen (secondary N) is 1. The molecule has 0 spiro atoms. The van der Waals surface area contributed by atoms with Crippen LogP contribution in [0.1, 0.15) is 10.4 Å². The summed E-state index contributed by atoms with van der Waals surface area (Å²) in [6.45, 7) is -0.586. The van der Waals surface area contributed by atoms with Crippen LogP contribution in [0.2, 0.25) is 0 Å². The van der Waals surface area contributed by atoms with E-state index in [0.29, 0.717) is 4.73 Å². The summed E-state index contributed by atoms with van der Waals surface area (Å²) >= 11 is 0. The highest BCUT2D eigenvalue weighted by Crippen LogP contribution is 2.11. The van der Waals surface area contributed by atoms with E-state index in [1.807, 2.05) is 0 Å². The van der Waals surface area contributed by atoms with Crippen LogP contribution < -0.4 is 15.7 Å². The largest absolute Gasteiger partial charge is 0.478 e. The van der Waals surface area contributed by atoms with Gasteiger partial charge in [0.1, 0.15) is 5.82 Å². The van der Waals surface area contributed by atoms with E-state index in [0.717, 1.165) is 18.3 Å². The van der Waals surface area contributed by atoms with Crippen molar-refractivity contribution >= 4 is 17.6 Å². The zero-order valence-electron chi connectivity index (χ0n) is 11.2. The van der Waals surface area contributed by atoms with Crippen LogP contribution in [-0.2, 0) is 4.79 Å². The lowest BCUT2D eigenvalue weighted by Gasteiger charge is -2.09. The molecule has 8 heteroatoms. The highest BCUT2D eigenvalue weighted by molar-refractivity contribution is 5.91. The van der Waals surface area contributed by atoms with Crippen LogP contribution in [0.25, 0.3) is 0 Å². The minimum atomic E-state index is -1.24. The summed E-state index contributed by atoms with van der Waals surface area (Å²) in [7, 11) is 0. The van der Waals surface area contributed by atoms with Gasteiger partial charge in [-0.05, 0) is 18.2 Å². The molecule has 0 saturated heterocycles. The molecule has 114 valence electrons. The lowest BCUT2D eigenvalue weighted by atomic mass is 10.3. The molecule has 0 atom stereocenters. The van der Waals surface area contributed by atoms with E-state index in [-0.39, 0.29) is 11.3 Å². The van der Waals surface area contributed by atoms with Gasteiger partial charge in [0.25, 0.3) is 11.5 Å². The van der Waals surface area contributed by atoms with E-state index in [1.54, 1.807) is 6.07 Å². The van der Waals surface area contributed by atoms with Crippen LogP contribution >= 0.6 is 0 Å². The Kier molecular flexibility index (Phi) is 4.52. The summed E-state index contributed by atoms with van der Waals surface area (Å²) in [5, 5.41) is 11.1. The lowest BCUT2D eigenvalue weighted by Crippen LogP contribution is -2.32. The topological polar surface area (TPSA) is 97.6 Å². The first-order valence-electron chi connectivity index (χ1n) is 6.11. The fourth-order valence-corrected chi connectivity index (χ4v) is 1.57. The number of anilines is 1. The van der Waals surface area contributed by atoms with E-state index < -0.39 is 29.9 Å². The molecule has 0 bridgehead atoms. The van der Waals surface area contributed by atoms with Gasteiger partial charge < -0.3 is 15.3 Å². The summed E-state index contributed by atoms with van der Waals surface area (Å²) in [6.07, 6.45) is 0.945. The number of nitrogens with zero attached hydrogens (tertiary/aromatic N) is 1. The summed E-state index contributed by atoms with van der Waals surface area (Å²) < 4.78 is 14.0. The lowest BCUT2D eigenvalue weighted by molar-refractivity contribution is -0.121. The molecule has 1 aromatic heterocycles. The fourth-order valence-electron chi connectivity index (χ4n) is 1.57. The van der Waals surface area contributed by atoms with Crippen molar-refractivity contribution < 1.29 is 23.9 Å². The molecule has 0 saturated carbocycles. The number of pyridine rings is 1. The number of carbonyl (C=O) groups is 2. The first kappa shape index (κ1) is 15.2. The molecule has 2 rings (SSSR count). The third-order valence-electron chi connectivity index (χ3n) is 2.61. The number of aromatic carboxylic acids is 1. The maximum Gasteiger partial charge on any atom is 0.337 e. The van der Waals surface area contributed by atoms with E-state index in [1.165, 1.54) is 18.2 Å². The van der Waals surface area contributed by atoms with Crippen molar-refractivity contribution in [2.24, 2.45) is 0 Å². The number of halogens is 1. The molecule has 0 aliphatic carbocycles. The van der Waals surface area contributed by atoms with Crippen LogP contribution in [0.15, 0.2) is 47.4 Å². The van der Waals surface area contributed by atoms with E-state index in [4.69, 9.17) is 9.94 Å². The van der Waals surface area contributed by atoms with Crippen LogP contribution in [0.5, 0.6) is 0 Å². The molecular weight excluding hydrogens is 295 g/mol. The molecule has 0 radical (unpaired) electrons. The predicted octanol–water partition coefficient (Wildman–Crippen LogP) is 0.753. The molecule has 0 aliphatic rings. The number of aromatic nitrogens is 1. The van der Waals surface area contributed by atoms with Gasteiger partial charge >= 0.3 is 5.97 Å². The summed E-state index contributed by atoms with van der Waals surface area (Å²) in [6, 6.07) is 7.67. The Bertz CT molecular complexity index is 772. The maximum absolute atomic E-state index is 13.3. The van der Waals surface area contributed by atoms with Gasteiger partial charge in [0.15, 0.2) is 6.61 Å². The molecule has 0 aliphatic heterocycles. The second-order valence-corrected chi connectivity index (χ2v) is 4.19. The minimum Gasteiger partial charge on any atom is -0.478 e. The van der Waals surface area contributed by atoms with Crippen molar-refractivity contribution in [1.29, 1.82) is 0 Å². The van der Waals surface area contributed by atoms with Crippen molar-refractivity contribution in [3.8, 4) is 0 Å². The van der Waals surface area contributed by atoms with Crippen LogP contribution in [-0.4, -0.2) is 28.3 Å². The number of carboxylic acids is 1. The molecule has 22 heavy (non-hydrogen) atoms. The zero-order valence-corrected chi connectivity index (χ0v) is 11.2. The first-order chi connectivity index (χ1) is 10.5. The number of hydrogen-bond donors (Lipinski definition) is 2. The van der Waals surface area contributed by atoms with Crippen molar-refractivity contribution in [1.82, 2.24) is 4.73 Å². The van der Waals surface area contributed by atoms with Crippen LogP contribution in [0, 0.1) is 5.82 Å². The Morgan fingerprint density at radius 2 is 1.95 bits per heavy atom. The number of amides is 1. The highest BCUT2D eigenvalue weighted by atomic mass is 19.1. The zero-order chi connectivity index (χ0) is 16.1. The quantitative estimate of drug-likeness (QED) is 0.849. The van der Waals surface area contributed by atoms with Gasteiger partial charge in [0.2, 0.25) is 0 Å². The van der Waals surface area contributed by atoms with Gasteiger partial charge in [-0.25, -0.2) is 9.18 Å². The summed E-state index contributed by atoms with van der Waals surface area (Å²) in [4.78, 5) is 38.8. The average Bonchev–Trinajstić information content (AvgIpc) is 2.48. The molecule has 2 N–H and O–H groups in total. The van der Waals surface area contributed by atoms with E-state index in [9.17, 15) is 18.8 Å². The standard InChI is InChI=1S/C14H11FN2O5/c15-10-3-1-2-4-11(10)16-12(18)8-22-17-7-9(14(20)21)5-6-13(17)19/h1-7H,8H2,(H,16,18)(H,20,21). The maximum atomic E-state index is 13.3. The fraction of sp³-hybridized carbons (Fsp3) is 0.0714. The average molecular weight is 306 g/mol. The second kappa shape index (κ2) is 6.53. The Hall–Kier alpha value is -3.16. The SMILES string of the molecule is O=C(COn1cc(C(=O)O)ccc1=O)Nc1ccccc1F. The van der Waals surface area contributed by atoms with Gasteiger partial charge in [-0.3, -0.25) is 9.59 Å². The summed E-state index contributed by atoms with van der Waals surface area (Å²) in [5.41, 5.74) is -0.833. The van der Waals surface area contributed by atoms with E-state index in [2.05, 4.69) is 5.32 Å². The Morgan fingerprint density at radius 3 is 2.64 bits per heavy atom. The Morgan fingerprint density at radius 1 is 1.23 bits per heavy atom. The number of rotatable bonds is 5. The third kappa shape index (κ3) is 3.69. The molecule has 1 amide bonds. The number of benzene rings is 1. The van der Waals surface area contributed by atoms with Crippen molar-refractivity contribution in [2.45, 2.75) is 0 Å². The number of carboxylic acid groups (broad SMARTS) is 1. The molecule has 0 unspecified atom stereocenters. The van der Waals surface area contributed by atoms with Crippen molar-refractivity contribution in [3.63, 3.8) is 0 Å². The van der Waals surface area contributed by atoms with Gasteiger partial charge in [-0.1, -0.05) is 12.1 Å². The molecule has 1 aromatic carbocycles. The van der Waals surface area contributed by atoms with Gasteiger partial charge in [0.05, 0.1) is 17.4 Å². The number of para-hydroxylation sites is 1. The van der Waals surface area contributed by atoms with Gasteiger partial charge in [-0.15, -0.1) is 0 Å². The monoisotopic (exact) mass is 306 g/mol. The Labute approximate surface area is 123 Å². The molecule has 0 fully saturated rings. The molecule has 1 heterocycles. The minimum absolute atomic E-state index is 0.0252. The normalized spacial score (nSPS) is 10.0. The van der Waals surface area contributed by atoms with E-state index >= 15 is 0 Å². The highest BCUT2D eigenvalue weighted by Gasteiger charge is 2.09. The van der Waals surface area contributed by atoms with Crippen molar-refractivity contribution in [2.75, 3.05) is 11.9 Å². The van der Waals surface area contributed by atoms with Crippen molar-refractivity contribution in [3.05, 3.63) is 64.3 Å². The first-order valence-corrected chi connectivity index (χ1v) is 6.11. The Balaban J connectivity index is 2.02. The number of carbonyl (C=O) groups excluding carboxylic acids is 1. The second-order valence-electron chi connectivity index (χ2n) is 4.19. The van der Waals surface area contributed by atoms with Gasteiger partial charge in [-0.2, -0.15) is 4.73 Å². The third-order valence-corrected chi connectivity index (χ3v) is 2.61. The predicted molar refractivity (Wildman–Crippen MR) is 74.1 cm³/mol. The molecule has 7 nitrogen and oxygen atoms in total. The summed E-state index contributed by atoms with van der Waals surface area (Å²) in [5.74, 6) is -2.55. The van der Waals surface area contributed by atoms with Gasteiger partial charge in [0, 0.05) is 6.07 Å². The number of hydrogen-bond acceptors (Lipinski definition) is 4. The van der Waals surface area contributed by atoms with Crippen LogP contribution in [0.4, 0.5) is 10.1 Å².